The van der Waals surface area contributed by atoms with Crippen molar-refractivity contribution >= 4 is 27.6 Å². The number of urea groups is 1. The predicted octanol–water partition coefficient (Wildman–Crippen LogP) is 4.70. The summed E-state index contributed by atoms with van der Waals surface area (Å²) in [4.78, 5) is 11.6. The van der Waals surface area contributed by atoms with Gasteiger partial charge in [-0.1, -0.05) is 28.1 Å². The van der Waals surface area contributed by atoms with Crippen molar-refractivity contribution in [1.82, 2.24) is 5.32 Å². The summed E-state index contributed by atoms with van der Waals surface area (Å²) in [6, 6.07) is 9.57. The first kappa shape index (κ1) is 17.3. The first-order chi connectivity index (χ1) is 10.9. The third-order valence-electron chi connectivity index (χ3n) is 3.76. The molecular weight excluding hydrogens is 356 g/mol. The molecule has 4 nitrogen and oxygen atoms in total. The zero-order valence-corrected chi connectivity index (χ0v) is 15.4. The summed E-state index contributed by atoms with van der Waals surface area (Å²) in [7, 11) is 1.59. The molecule has 0 saturated heterocycles. The number of benzene rings is 2. The van der Waals surface area contributed by atoms with E-state index in [4.69, 9.17) is 4.74 Å². The second kappa shape index (κ2) is 7.51. The number of hydrogen-bond acceptors (Lipinski definition) is 2. The fourth-order valence-corrected chi connectivity index (χ4v) is 2.73. The van der Waals surface area contributed by atoms with E-state index in [1.807, 2.05) is 31.2 Å². The van der Waals surface area contributed by atoms with Gasteiger partial charge in [-0.3, -0.25) is 0 Å². The van der Waals surface area contributed by atoms with Crippen LogP contribution in [0.5, 0.6) is 5.75 Å². The molecule has 2 aromatic carbocycles. The minimum absolute atomic E-state index is 0.258. The number of carbonyl (C=O) groups is 1. The van der Waals surface area contributed by atoms with Crippen molar-refractivity contribution in [3.63, 3.8) is 0 Å². The fourth-order valence-electron chi connectivity index (χ4n) is 2.25. The molecule has 0 spiro atoms. The first-order valence-electron chi connectivity index (χ1n) is 7.39. The first-order valence-corrected chi connectivity index (χ1v) is 8.18. The quantitative estimate of drug-likeness (QED) is 0.811. The molecule has 0 aliphatic carbocycles. The van der Waals surface area contributed by atoms with Crippen LogP contribution >= 0.6 is 15.9 Å². The minimum atomic E-state index is -0.258. The molecule has 0 radical (unpaired) electrons. The highest BCUT2D eigenvalue weighted by Crippen LogP contribution is 2.28. The second-order valence-electron chi connectivity index (χ2n) is 5.46. The number of rotatable bonds is 4. The van der Waals surface area contributed by atoms with Crippen molar-refractivity contribution in [2.24, 2.45) is 0 Å². The summed E-state index contributed by atoms with van der Waals surface area (Å²) in [5.74, 6) is 0.856. The summed E-state index contributed by atoms with van der Waals surface area (Å²) in [5.41, 5.74) is 5.16. The van der Waals surface area contributed by atoms with E-state index in [0.717, 1.165) is 27.0 Å². The summed E-state index contributed by atoms with van der Waals surface area (Å²) in [6.07, 6.45) is 0. The molecule has 0 atom stereocenters. The van der Waals surface area contributed by atoms with Gasteiger partial charge in [0.05, 0.1) is 5.69 Å². The third kappa shape index (κ3) is 4.26. The highest BCUT2D eigenvalue weighted by atomic mass is 79.9. The van der Waals surface area contributed by atoms with Gasteiger partial charge in [0.15, 0.2) is 0 Å². The van der Waals surface area contributed by atoms with Crippen LogP contribution < -0.4 is 15.4 Å². The van der Waals surface area contributed by atoms with E-state index in [9.17, 15) is 4.79 Å². The van der Waals surface area contributed by atoms with Crippen LogP contribution in [0, 0.1) is 20.8 Å². The lowest BCUT2D eigenvalue weighted by Gasteiger charge is -2.16. The normalized spacial score (nSPS) is 10.3. The van der Waals surface area contributed by atoms with Crippen molar-refractivity contribution < 1.29 is 9.53 Å². The molecular formula is C18H21BrN2O2. The Balaban J connectivity index is 2.23. The third-order valence-corrected chi connectivity index (χ3v) is 4.50. The molecule has 122 valence electrons. The van der Waals surface area contributed by atoms with Crippen LogP contribution in [0.1, 0.15) is 22.3 Å². The van der Waals surface area contributed by atoms with Crippen LogP contribution in [-0.4, -0.2) is 13.1 Å². The average molecular weight is 377 g/mol. The lowest BCUT2D eigenvalue weighted by molar-refractivity contribution is 0.254. The number of amides is 2. The Hall–Kier alpha value is -2.01. The van der Waals surface area contributed by atoms with Gasteiger partial charge in [-0.05, 0) is 55.7 Å². The second-order valence-corrected chi connectivity index (χ2v) is 6.32. The van der Waals surface area contributed by atoms with Gasteiger partial charge in [0, 0.05) is 17.1 Å². The molecule has 23 heavy (non-hydrogen) atoms. The summed E-state index contributed by atoms with van der Waals surface area (Å²) in [6.45, 7) is 6.56. The van der Waals surface area contributed by atoms with Crippen molar-refractivity contribution in [1.29, 1.82) is 0 Å². The molecule has 0 unspecified atom stereocenters. The zero-order chi connectivity index (χ0) is 17.0. The lowest BCUT2D eigenvalue weighted by Crippen LogP contribution is -2.25. The Morgan fingerprint density at radius 2 is 1.83 bits per heavy atom. The summed E-state index contributed by atoms with van der Waals surface area (Å²) >= 11 is 3.53. The van der Waals surface area contributed by atoms with Crippen LogP contribution in [-0.2, 0) is 6.61 Å². The van der Waals surface area contributed by atoms with E-state index < -0.39 is 0 Å². The molecule has 2 N–H and O–H groups in total. The summed E-state index contributed by atoms with van der Waals surface area (Å²) in [5, 5.41) is 5.36. The monoisotopic (exact) mass is 376 g/mol. The van der Waals surface area contributed by atoms with E-state index in [1.54, 1.807) is 7.05 Å². The number of aryl methyl sites for hydroxylation is 3. The van der Waals surface area contributed by atoms with Gasteiger partial charge in [-0.2, -0.15) is 0 Å². The van der Waals surface area contributed by atoms with Crippen molar-refractivity contribution in [2.75, 3.05) is 12.4 Å². The molecule has 0 saturated carbocycles. The largest absolute Gasteiger partial charge is 0.489 e. The maximum absolute atomic E-state index is 11.6. The molecule has 2 aromatic rings. The number of ether oxygens (including phenoxy) is 1. The zero-order valence-electron chi connectivity index (χ0n) is 13.8. The van der Waals surface area contributed by atoms with E-state index in [-0.39, 0.29) is 6.03 Å². The van der Waals surface area contributed by atoms with Crippen LogP contribution in [0.25, 0.3) is 0 Å². The number of anilines is 1. The standard InChI is InChI=1S/C18H21BrN2O2/c1-11-8-13(3)17(9-12(11)2)23-10-14-15(19)6-5-7-16(14)21-18(22)20-4/h5-9H,10H2,1-4H3,(H2,20,21,22). The van der Waals surface area contributed by atoms with Crippen molar-refractivity contribution in [2.45, 2.75) is 27.4 Å². The molecule has 2 amide bonds. The maximum atomic E-state index is 11.6. The maximum Gasteiger partial charge on any atom is 0.318 e. The van der Waals surface area contributed by atoms with E-state index in [0.29, 0.717) is 6.61 Å². The Morgan fingerprint density at radius 1 is 1.13 bits per heavy atom. The molecule has 0 aliphatic heterocycles. The SMILES string of the molecule is CNC(=O)Nc1cccc(Br)c1COc1cc(C)c(C)cc1C. The molecule has 0 bridgehead atoms. The van der Waals surface area contributed by atoms with Crippen molar-refractivity contribution in [3.8, 4) is 5.75 Å². The van der Waals surface area contributed by atoms with Crippen LogP contribution in [0.15, 0.2) is 34.8 Å². The lowest BCUT2D eigenvalue weighted by atomic mass is 10.1. The molecule has 2 rings (SSSR count). The highest BCUT2D eigenvalue weighted by Gasteiger charge is 2.11. The van der Waals surface area contributed by atoms with Gasteiger partial charge in [0.25, 0.3) is 0 Å². The van der Waals surface area contributed by atoms with E-state index >= 15 is 0 Å². The molecule has 5 heteroatoms. The number of hydrogen-bond donors (Lipinski definition) is 2. The van der Waals surface area contributed by atoms with Gasteiger partial charge in [0.2, 0.25) is 0 Å². The Labute approximate surface area is 145 Å². The Bertz CT molecular complexity index is 729. The highest BCUT2D eigenvalue weighted by molar-refractivity contribution is 9.10. The smallest absolute Gasteiger partial charge is 0.318 e. The molecule has 0 heterocycles. The van der Waals surface area contributed by atoms with Gasteiger partial charge in [0.1, 0.15) is 12.4 Å². The van der Waals surface area contributed by atoms with Crippen LogP contribution in [0.3, 0.4) is 0 Å². The topological polar surface area (TPSA) is 50.4 Å². The predicted molar refractivity (Wildman–Crippen MR) is 97.2 cm³/mol. The number of halogens is 1. The van der Waals surface area contributed by atoms with Gasteiger partial charge < -0.3 is 15.4 Å². The molecule has 0 fully saturated rings. The van der Waals surface area contributed by atoms with Gasteiger partial charge >= 0.3 is 6.03 Å². The Kier molecular flexibility index (Phi) is 5.66. The van der Waals surface area contributed by atoms with Crippen LogP contribution in [0.2, 0.25) is 0 Å². The van der Waals surface area contributed by atoms with Gasteiger partial charge in [-0.25, -0.2) is 4.79 Å². The number of nitrogens with one attached hydrogen (secondary N) is 2. The van der Waals surface area contributed by atoms with Crippen molar-refractivity contribution in [3.05, 3.63) is 57.1 Å². The minimum Gasteiger partial charge on any atom is -0.489 e. The number of carbonyl (C=O) groups excluding carboxylic acids is 1. The van der Waals surface area contributed by atoms with E-state index in [1.165, 1.54) is 11.1 Å². The van der Waals surface area contributed by atoms with Gasteiger partial charge in [-0.15, -0.1) is 0 Å². The Morgan fingerprint density at radius 3 is 2.52 bits per heavy atom. The fraction of sp³-hybridized carbons (Fsp3) is 0.278. The van der Waals surface area contributed by atoms with E-state index in [2.05, 4.69) is 46.5 Å². The molecule has 0 aromatic heterocycles. The summed E-state index contributed by atoms with van der Waals surface area (Å²) < 4.78 is 6.89. The molecule has 0 aliphatic rings. The average Bonchev–Trinajstić information content (AvgIpc) is 2.51. The van der Waals surface area contributed by atoms with Crippen LogP contribution in [0.4, 0.5) is 10.5 Å².